The molecule has 0 heterocycles. The highest BCUT2D eigenvalue weighted by Crippen LogP contribution is 2.14. The normalized spacial score (nSPS) is 10.9. The molecule has 0 saturated carbocycles. The van der Waals surface area contributed by atoms with Crippen molar-refractivity contribution >= 4 is 5.69 Å². The summed E-state index contributed by atoms with van der Waals surface area (Å²) >= 11 is 0. The molecule has 0 atom stereocenters. The zero-order chi connectivity index (χ0) is 13.4. The van der Waals surface area contributed by atoms with Crippen molar-refractivity contribution in [2.45, 2.75) is 19.9 Å². The monoisotopic (exact) mass is 249 g/mol. The van der Waals surface area contributed by atoms with Crippen LogP contribution in [0.3, 0.4) is 0 Å². The van der Waals surface area contributed by atoms with Gasteiger partial charge in [0.25, 0.3) is 0 Å². The van der Waals surface area contributed by atoms with Crippen LogP contribution in [0.15, 0.2) is 24.3 Å². The van der Waals surface area contributed by atoms with Crippen LogP contribution in [0.5, 0.6) is 0 Å². The van der Waals surface area contributed by atoms with Crippen molar-refractivity contribution in [3.8, 4) is 0 Å². The second kappa shape index (κ2) is 8.11. The quantitative estimate of drug-likeness (QED) is 0.762. The average Bonchev–Trinajstić information content (AvgIpc) is 2.36. The van der Waals surface area contributed by atoms with Crippen molar-refractivity contribution in [1.82, 2.24) is 10.2 Å². The second-order valence-corrected chi connectivity index (χ2v) is 5.03. The molecule has 0 saturated heterocycles. The first kappa shape index (κ1) is 15.0. The van der Waals surface area contributed by atoms with Crippen molar-refractivity contribution in [2.75, 3.05) is 45.7 Å². The molecule has 0 amide bonds. The molecule has 1 rings (SSSR count). The summed E-state index contributed by atoms with van der Waals surface area (Å²) in [5, 5.41) is 3.34. The van der Waals surface area contributed by atoms with Crippen LogP contribution in [-0.4, -0.2) is 45.7 Å². The van der Waals surface area contributed by atoms with E-state index in [4.69, 9.17) is 0 Å². The van der Waals surface area contributed by atoms with Crippen molar-refractivity contribution < 1.29 is 0 Å². The van der Waals surface area contributed by atoms with Crippen LogP contribution in [0.2, 0.25) is 0 Å². The molecule has 0 spiro atoms. The summed E-state index contributed by atoms with van der Waals surface area (Å²) < 4.78 is 0. The third-order valence-electron chi connectivity index (χ3n) is 3.06. The van der Waals surface area contributed by atoms with Gasteiger partial charge in [0.2, 0.25) is 0 Å². The van der Waals surface area contributed by atoms with E-state index in [0.717, 1.165) is 26.2 Å². The number of benzene rings is 1. The zero-order valence-electron chi connectivity index (χ0n) is 12.2. The molecule has 1 aromatic carbocycles. The van der Waals surface area contributed by atoms with Crippen LogP contribution < -0.4 is 10.2 Å². The van der Waals surface area contributed by atoms with Gasteiger partial charge >= 0.3 is 0 Å². The molecular formula is C15H27N3. The predicted molar refractivity (Wildman–Crippen MR) is 80.3 cm³/mol. The van der Waals surface area contributed by atoms with Crippen LogP contribution in [-0.2, 0) is 6.54 Å². The van der Waals surface area contributed by atoms with Crippen LogP contribution in [0, 0.1) is 0 Å². The number of hydrogen-bond acceptors (Lipinski definition) is 3. The first-order valence-corrected chi connectivity index (χ1v) is 6.79. The summed E-state index contributed by atoms with van der Waals surface area (Å²) in [6.45, 7) is 6.35. The number of nitrogens with one attached hydrogen (secondary N) is 1. The Morgan fingerprint density at radius 3 is 2.22 bits per heavy atom. The fraction of sp³-hybridized carbons (Fsp3) is 0.600. The maximum absolute atomic E-state index is 3.34. The molecule has 0 aliphatic carbocycles. The summed E-state index contributed by atoms with van der Waals surface area (Å²) in [4.78, 5) is 4.55. The van der Waals surface area contributed by atoms with Crippen molar-refractivity contribution in [3.63, 3.8) is 0 Å². The molecule has 1 aromatic rings. The van der Waals surface area contributed by atoms with E-state index in [1.165, 1.54) is 17.7 Å². The predicted octanol–water partition coefficient (Wildman–Crippen LogP) is 2.18. The highest BCUT2D eigenvalue weighted by atomic mass is 15.1. The number of nitrogens with zero attached hydrogens (tertiary/aromatic N) is 2. The minimum atomic E-state index is 0.959. The molecule has 102 valence electrons. The third-order valence-corrected chi connectivity index (χ3v) is 3.06. The van der Waals surface area contributed by atoms with Gasteiger partial charge in [-0.15, -0.1) is 0 Å². The van der Waals surface area contributed by atoms with Gasteiger partial charge in [0.05, 0.1) is 0 Å². The van der Waals surface area contributed by atoms with Crippen LogP contribution >= 0.6 is 0 Å². The lowest BCUT2D eigenvalue weighted by molar-refractivity contribution is 0.401. The fourth-order valence-electron chi connectivity index (χ4n) is 1.89. The molecule has 0 fully saturated rings. The van der Waals surface area contributed by atoms with Gasteiger partial charge in [-0.2, -0.15) is 0 Å². The largest absolute Gasteiger partial charge is 0.375 e. The lowest BCUT2D eigenvalue weighted by atomic mass is 10.2. The van der Waals surface area contributed by atoms with Gasteiger partial charge in [0.15, 0.2) is 0 Å². The molecule has 0 bridgehead atoms. The Kier molecular flexibility index (Phi) is 6.76. The van der Waals surface area contributed by atoms with Crippen molar-refractivity contribution in [2.24, 2.45) is 0 Å². The SMILES string of the molecule is CCNCc1ccc(N(C)CCCN(C)C)cc1. The Morgan fingerprint density at radius 1 is 1.00 bits per heavy atom. The molecule has 0 aliphatic heterocycles. The molecule has 3 nitrogen and oxygen atoms in total. The first-order valence-electron chi connectivity index (χ1n) is 6.79. The molecule has 0 radical (unpaired) electrons. The molecule has 0 unspecified atom stereocenters. The van der Waals surface area contributed by atoms with Gasteiger partial charge in [0.1, 0.15) is 0 Å². The molecular weight excluding hydrogens is 222 g/mol. The van der Waals surface area contributed by atoms with Gasteiger partial charge in [-0.05, 0) is 51.3 Å². The highest BCUT2D eigenvalue weighted by molar-refractivity contribution is 5.46. The number of hydrogen-bond donors (Lipinski definition) is 1. The van der Waals surface area contributed by atoms with E-state index >= 15 is 0 Å². The van der Waals surface area contributed by atoms with E-state index in [2.05, 4.69) is 67.4 Å². The Balaban J connectivity index is 2.40. The van der Waals surface area contributed by atoms with E-state index < -0.39 is 0 Å². The zero-order valence-corrected chi connectivity index (χ0v) is 12.2. The van der Waals surface area contributed by atoms with Gasteiger partial charge in [-0.1, -0.05) is 19.1 Å². The summed E-state index contributed by atoms with van der Waals surface area (Å²) in [7, 11) is 6.40. The Hall–Kier alpha value is -1.06. The van der Waals surface area contributed by atoms with Crippen molar-refractivity contribution in [1.29, 1.82) is 0 Å². The maximum atomic E-state index is 3.34. The van der Waals surface area contributed by atoms with E-state index in [1.54, 1.807) is 0 Å². The van der Waals surface area contributed by atoms with E-state index in [1.807, 2.05) is 0 Å². The molecule has 0 aromatic heterocycles. The van der Waals surface area contributed by atoms with Crippen LogP contribution in [0.25, 0.3) is 0 Å². The van der Waals surface area contributed by atoms with E-state index in [-0.39, 0.29) is 0 Å². The van der Waals surface area contributed by atoms with Crippen LogP contribution in [0.4, 0.5) is 5.69 Å². The van der Waals surface area contributed by atoms with Crippen LogP contribution in [0.1, 0.15) is 18.9 Å². The van der Waals surface area contributed by atoms with Gasteiger partial charge in [-0.25, -0.2) is 0 Å². The summed E-state index contributed by atoms with van der Waals surface area (Å²) in [6.07, 6.45) is 1.20. The van der Waals surface area contributed by atoms with Gasteiger partial charge < -0.3 is 15.1 Å². The Bertz CT molecular complexity index is 319. The summed E-state index contributed by atoms with van der Waals surface area (Å²) in [6, 6.07) is 8.84. The average molecular weight is 249 g/mol. The van der Waals surface area contributed by atoms with Gasteiger partial charge in [-0.3, -0.25) is 0 Å². The summed E-state index contributed by atoms with van der Waals surface area (Å²) in [5.74, 6) is 0. The Morgan fingerprint density at radius 2 is 1.67 bits per heavy atom. The smallest absolute Gasteiger partial charge is 0.0363 e. The third kappa shape index (κ3) is 5.52. The lowest BCUT2D eigenvalue weighted by Crippen LogP contribution is -2.23. The molecule has 0 aliphatic rings. The van der Waals surface area contributed by atoms with Gasteiger partial charge in [0, 0.05) is 25.8 Å². The summed E-state index contributed by atoms with van der Waals surface area (Å²) in [5.41, 5.74) is 2.65. The van der Waals surface area contributed by atoms with Crippen molar-refractivity contribution in [3.05, 3.63) is 29.8 Å². The van der Waals surface area contributed by atoms with E-state index in [0.29, 0.717) is 0 Å². The minimum Gasteiger partial charge on any atom is -0.375 e. The molecule has 18 heavy (non-hydrogen) atoms. The minimum absolute atomic E-state index is 0.959. The first-order chi connectivity index (χ1) is 8.63. The molecule has 3 heteroatoms. The maximum Gasteiger partial charge on any atom is 0.0363 e. The number of rotatable bonds is 8. The fourth-order valence-corrected chi connectivity index (χ4v) is 1.89. The van der Waals surface area contributed by atoms with E-state index in [9.17, 15) is 0 Å². The highest BCUT2D eigenvalue weighted by Gasteiger charge is 2.01. The topological polar surface area (TPSA) is 18.5 Å². The number of anilines is 1. The molecule has 1 N–H and O–H groups in total. The lowest BCUT2D eigenvalue weighted by Gasteiger charge is -2.20. The second-order valence-electron chi connectivity index (χ2n) is 5.03. The Labute approximate surface area is 112 Å². The standard InChI is InChI=1S/C15H27N3/c1-5-16-13-14-7-9-15(10-8-14)18(4)12-6-11-17(2)3/h7-10,16H,5-6,11-13H2,1-4H3.